The minimum atomic E-state index is -0.131. The minimum Gasteiger partial charge on any atom is -0.492 e. The van der Waals surface area contributed by atoms with Crippen LogP contribution in [0.5, 0.6) is 5.75 Å². The van der Waals surface area contributed by atoms with E-state index in [4.69, 9.17) is 9.47 Å². The van der Waals surface area contributed by atoms with Crippen LogP contribution in [0.15, 0.2) is 24.3 Å². The molecule has 104 valence electrons. The number of ether oxygens (including phenoxy) is 2. The van der Waals surface area contributed by atoms with Crippen LogP contribution in [0.3, 0.4) is 0 Å². The lowest BCUT2D eigenvalue weighted by molar-refractivity contribution is -0.145. The van der Waals surface area contributed by atoms with Crippen LogP contribution in [0, 0.1) is 6.92 Å². The normalized spacial score (nSPS) is 19.4. The average Bonchev–Trinajstić information content (AvgIpc) is 2.88. The molecule has 1 aromatic rings. The molecule has 1 unspecified atom stereocenters. The maximum atomic E-state index is 11.6. The molecule has 0 aromatic heterocycles. The number of hydrogen-bond acceptors (Lipinski definition) is 4. The summed E-state index contributed by atoms with van der Waals surface area (Å²) in [4.78, 5) is 13.7. The second-order valence-corrected chi connectivity index (χ2v) is 4.83. The molecule has 1 fully saturated rings. The van der Waals surface area contributed by atoms with E-state index in [0.717, 1.165) is 37.2 Å². The molecule has 4 heteroatoms. The first-order valence-corrected chi connectivity index (χ1v) is 6.72. The molecule has 1 aliphatic rings. The standard InChI is InChI=1S/C15H21NO3/c1-12-6-3-4-8-14(12)19-11-10-16-9-5-7-13(16)15(17)18-2/h3-4,6,8,13H,5,7,9-11H2,1-2H3. The van der Waals surface area contributed by atoms with Crippen LogP contribution in [0.2, 0.25) is 0 Å². The van der Waals surface area contributed by atoms with Gasteiger partial charge in [-0.25, -0.2) is 0 Å². The van der Waals surface area contributed by atoms with E-state index in [-0.39, 0.29) is 12.0 Å². The molecule has 0 radical (unpaired) electrons. The van der Waals surface area contributed by atoms with E-state index in [1.54, 1.807) is 0 Å². The van der Waals surface area contributed by atoms with Gasteiger partial charge in [-0.2, -0.15) is 0 Å². The minimum absolute atomic E-state index is 0.0922. The Balaban J connectivity index is 1.82. The lowest BCUT2D eigenvalue weighted by Gasteiger charge is -2.22. The number of nitrogens with zero attached hydrogens (tertiary/aromatic N) is 1. The first kappa shape index (κ1) is 13.9. The highest BCUT2D eigenvalue weighted by molar-refractivity contribution is 5.75. The van der Waals surface area contributed by atoms with Crippen molar-refractivity contribution >= 4 is 5.97 Å². The van der Waals surface area contributed by atoms with Crippen LogP contribution in [-0.4, -0.2) is 43.7 Å². The number of likely N-dealkylation sites (tertiary alicyclic amines) is 1. The Morgan fingerprint density at radius 1 is 1.42 bits per heavy atom. The van der Waals surface area contributed by atoms with E-state index in [0.29, 0.717) is 6.61 Å². The molecule has 0 spiro atoms. The van der Waals surface area contributed by atoms with Gasteiger partial charge in [-0.1, -0.05) is 18.2 Å². The number of para-hydroxylation sites is 1. The summed E-state index contributed by atoms with van der Waals surface area (Å²) >= 11 is 0. The monoisotopic (exact) mass is 263 g/mol. The zero-order valence-electron chi connectivity index (χ0n) is 11.6. The largest absolute Gasteiger partial charge is 0.492 e. The lowest BCUT2D eigenvalue weighted by Crippen LogP contribution is -2.39. The smallest absolute Gasteiger partial charge is 0.323 e. The van der Waals surface area contributed by atoms with Gasteiger partial charge in [-0.05, 0) is 37.9 Å². The number of methoxy groups -OCH3 is 1. The van der Waals surface area contributed by atoms with E-state index in [1.807, 2.05) is 31.2 Å². The molecule has 4 nitrogen and oxygen atoms in total. The molecule has 1 aliphatic heterocycles. The third-order valence-corrected chi connectivity index (χ3v) is 3.57. The van der Waals surface area contributed by atoms with Gasteiger partial charge >= 0.3 is 5.97 Å². The summed E-state index contributed by atoms with van der Waals surface area (Å²) in [7, 11) is 1.45. The van der Waals surface area contributed by atoms with Crippen molar-refractivity contribution < 1.29 is 14.3 Å². The van der Waals surface area contributed by atoms with Crippen molar-refractivity contribution in [2.75, 3.05) is 26.8 Å². The molecular weight excluding hydrogens is 242 g/mol. The van der Waals surface area contributed by atoms with Gasteiger partial charge < -0.3 is 9.47 Å². The van der Waals surface area contributed by atoms with Crippen LogP contribution in [0.1, 0.15) is 18.4 Å². The van der Waals surface area contributed by atoms with Gasteiger partial charge in [-0.3, -0.25) is 9.69 Å². The predicted octanol–water partition coefficient (Wildman–Crippen LogP) is 2.01. The third-order valence-electron chi connectivity index (χ3n) is 3.57. The zero-order valence-corrected chi connectivity index (χ0v) is 11.6. The summed E-state index contributed by atoms with van der Waals surface area (Å²) in [5.41, 5.74) is 1.13. The van der Waals surface area contributed by atoms with E-state index in [1.165, 1.54) is 7.11 Å². The number of benzene rings is 1. The molecule has 1 heterocycles. The van der Waals surface area contributed by atoms with Crippen molar-refractivity contribution in [1.29, 1.82) is 0 Å². The molecule has 0 saturated carbocycles. The van der Waals surface area contributed by atoms with Gasteiger partial charge in [0.1, 0.15) is 18.4 Å². The Hall–Kier alpha value is -1.55. The van der Waals surface area contributed by atoms with Crippen LogP contribution in [0.4, 0.5) is 0 Å². The van der Waals surface area contributed by atoms with E-state index in [9.17, 15) is 4.79 Å². The molecule has 1 saturated heterocycles. The molecular formula is C15H21NO3. The van der Waals surface area contributed by atoms with Crippen LogP contribution < -0.4 is 4.74 Å². The number of aryl methyl sites for hydroxylation is 1. The van der Waals surface area contributed by atoms with Crippen molar-refractivity contribution in [1.82, 2.24) is 4.90 Å². The Morgan fingerprint density at radius 3 is 2.95 bits per heavy atom. The second-order valence-electron chi connectivity index (χ2n) is 4.83. The third kappa shape index (κ3) is 3.47. The van der Waals surface area contributed by atoms with Gasteiger partial charge in [0, 0.05) is 6.54 Å². The number of esters is 1. The van der Waals surface area contributed by atoms with Crippen molar-refractivity contribution in [2.24, 2.45) is 0 Å². The molecule has 2 rings (SSSR count). The van der Waals surface area contributed by atoms with Crippen molar-refractivity contribution in [3.63, 3.8) is 0 Å². The van der Waals surface area contributed by atoms with Gasteiger partial charge in [0.25, 0.3) is 0 Å². The average molecular weight is 263 g/mol. The Labute approximate surface area is 114 Å². The number of rotatable bonds is 5. The molecule has 0 aliphatic carbocycles. The van der Waals surface area contributed by atoms with Gasteiger partial charge in [0.2, 0.25) is 0 Å². The van der Waals surface area contributed by atoms with Crippen molar-refractivity contribution in [2.45, 2.75) is 25.8 Å². The highest BCUT2D eigenvalue weighted by Gasteiger charge is 2.30. The SMILES string of the molecule is COC(=O)C1CCCN1CCOc1ccccc1C. The van der Waals surface area contributed by atoms with Crippen LogP contribution in [-0.2, 0) is 9.53 Å². The second kappa shape index (κ2) is 6.57. The Bertz CT molecular complexity index is 433. The van der Waals surface area contributed by atoms with Crippen LogP contribution in [0.25, 0.3) is 0 Å². The van der Waals surface area contributed by atoms with Crippen molar-refractivity contribution in [3.8, 4) is 5.75 Å². The molecule has 1 atom stereocenters. The Kier molecular flexibility index (Phi) is 4.80. The summed E-state index contributed by atoms with van der Waals surface area (Å²) in [6.45, 7) is 4.33. The summed E-state index contributed by atoms with van der Waals surface area (Å²) in [6.07, 6.45) is 1.93. The van der Waals surface area contributed by atoms with Gasteiger partial charge in [-0.15, -0.1) is 0 Å². The van der Waals surface area contributed by atoms with Crippen molar-refractivity contribution in [3.05, 3.63) is 29.8 Å². The summed E-state index contributed by atoms with van der Waals surface area (Å²) < 4.78 is 10.6. The number of carbonyl (C=O) groups excluding carboxylic acids is 1. The summed E-state index contributed by atoms with van der Waals surface area (Å²) in [6, 6.07) is 7.87. The fraction of sp³-hybridized carbons (Fsp3) is 0.533. The van der Waals surface area contributed by atoms with E-state index >= 15 is 0 Å². The van der Waals surface area contributed by atoms with Gasteiger partial charge in [0.15, 0.2) is 0 Å². The quantitative estimate of drug-likeness (QED) is 0.762. The number of hydrogen-bond donors (Lipinski definition) is 0. The maximum absolute atomic E-state index is 11.6. The maximum Gasteiger partial charge on any atom is 0.323 e. The predicted molar refractivity (Wildman–Crippen MR) is 73.3 cm³/mol. The van der Waals surface area contributed by atoms with Crippen LogP contribution >= 0.6 is 0 Å². The zero-order chi connectivity index (χ0) is 13.7. The molecule has 0 amide bonds. The highest BCUT2D eigenvalue weighted by atomic mass is 16.5. The molecule has 0 bridgehead atoms. The fourth-order valence-electron chi connectivity index (χ4n) is 2.49. The fourth-order valence-corrected chi connectivity index (χ4v) is 2.49. The number of carbonyl (C=O) groups is 1. The first-order chi connectivity index (χ1) is 9.22. The Morgan fingerprint density at radius 2 is 2.21 bits per heavy atom. The van der Waals surface area contributed by atoms with E-state index in [2.05, 4.69) is 4.90 Å². The summed E-state index contributed by atoms with van der Waals surface area (Å²) in [5, 5.41) is 0. The molecule has 1 aromatic carbocycles. The topological polar surface area (TPSA) is 38.8 Å². The van der Waals surface area contributed by atoms with Gasteiger partial charge in [0.05, 0.1) is 7.11 Å². The van der Waals surface area contributed by atoms with E-state index < -0.39 is 0 Å². The first-order valence-electron chi connectivity index (χ1n) is 6.72. The molecule has 19 heavy (non-hydrogen) atoms. The lowest BCUT2D eigenvalue weighted by atomic mass is 10.2. The molecule has 0 N–H and O–H groups in total. The summed E-state index contributed by atoms with van der Waals surface area (Å²) in [5.74, 6) is 0.782. The highest BCUT2D eigenvalue weighted by Crippen LogP contribution is 2.19.